The molecule has 0 heterocycles. The van der Waals surface area contributed by atoms with Gasteiger partial charge < -0.3 is 19.5 Å². The highest BCUT2D eigenvalue weighted by molar-refractivity contribution is 7.38. The lowest BCUT2D eigenvalue weighted by Crippen LogP contribution is -2.50. The van der Waals surface area contributed by atoms with E-state index < -0.39 is 8.03 Å². The fraction of sp³-hybridized carbons (Fsp3) is 0.947. The highest BCUT2D eigenvalue weighted by atomic mass is 31.1. The molecule has 0 aliphatic carbocycles. The number of nitrogens with one attached hydrogen (secondary N) is 1. The maximum Gasteiger partial charge on any atom is 0.505 e. The van der Waals surface area contributed by atoms with Gasteiger partial charge in [0.25, 0.3) is 5.91 Å². The van der Waals surface area contributed by atoms with Gasteiger partial charge in [-0.3, -0.25) is 4.79 Å². The summed E-state index contributed by atoms with van der Waals surface area (Å²) < 4.78 is 32.6. The average molecular weight is 408 g/mol. The summed E-state index contributed by atoms with van der Waals surface area (Å²) in [6.07, 6.45) is 5.03. The molecule has 0 aliphatic heterocycles. The molecule has 0 aromatic rings. The zero-order valence-electron chi connectivity index (χ0n) is 17.6. The maximum atomic E-state index is 12.4. The molecule has 160 valence electrons. The van der Waals surface area contributed by atoms with E-state index >= 15 is 0 Å². The topological polar surface area (TPSA) is 83.1 Å². The number of rotatable bonds is 19. The molecule has 7 nitrogen and oxygen atoms in total. The van der Waals surface area contributed by atoms with Crippen LogP contribution in [-0.4, -0.2) is 64.4 Å². The van der Waals surface area contributed by atoms with E-state index in [4.69, 9.17) is 18.7 Å². The van der Waals surface area contributed by atoms with Gasteiger partial charge in [-0.1, -0.05) is 0 Å². The van der Waals surface area contributed by atoms with Crippen LogP contribution in [0.2, 0.25) is 0 Å². The first kappa shape index (κ1) is 26.4. The largest absolute Gasteiger partial charge is 0.505 e. The Balaban J connectivity index is 4.95. The van der Waals surface area contributed by atoms with Crippen molar-refractivity contribution < 1.29 is 28.1 Å². The molecule has 0 fully saturated rings. The van der Waals surface area contributed by atoms with Crippen LogP contribution in [0, 0.1) is 0 Å². The molecule has 0 bridgehead atoms. The molecule has 1 amide bonds. The third kappa shape index (κ3) is 15.1. The van der Waals surface area contributed by atoms with Crippen molar-refractivity contribution in [1.29, 1.82) is 0 Å². The summed E-state index contributed by atoms with van der Waals surface area (Å²) in [4.78, 5) is 12.4. The van der Waals surface area contributed by atoms with Crippen molar-refractivity contribution in [2.24, 2.45) is 0 Å². The van der Waals surface area contributed by atoms with Crippen molar-refractivity contribution in [3.8, 4) is 0 Å². The van der Waals surface area contributed by atoms with Crippen LogP contribution in [0.15, 0.2) is 0 Å². The fourth-order valence-electron chi connectivity index (χ4n) is 3.01. The van der Waals surface area contributed by atoms with E-state index in [2.05, 4.69) is 5.32 Å². The summed E-state index contributed by atoms with van der Waals surface area (Å²) in [7, 11) is -1.79. The van der Waals surface area contributed by atoms with Crippen molar-refractivity contribution in [3.05, 3.63) is 0 Å². The van der Waals surface area contributed by atoms with E-state index in [-0.39, 0.29) is 18.1 Å². The Bertz CT molecular complexity index is 363. The van der Waals surface area contributed by atoms with Crippen molar-refractivity contribution in [2.45, 2.75) is 64.8 Å². The average Bonchev–Trinajstić information content (AvgIpc) is 2.64. The van der Waals surface area contributed by atoms with E-state index in [0.717, 1.165) is 38.5 Å². The molecule has 0 radical (unpaired) electrons. The van der Waals surface area contributed by atoms with Crippen LogP contribution >= 0.6 is 8.03 Å². The quantitative estimate of drug-likeness (QED) is 0.259. The van der Waals surface area contributed by atoms with Crippen molar-refractivity contribution >= 4 is 13.9 Å². The second-order valence-electron chi connectivity index (χ2n) is 6.44. The first-order valence-electron chi connectivity index (χ1n) is 10.1. The first-order valence-corrected chi connectivity index (χ1v) is 11.7. The predicted octanol–water partition coefficient (Wildman–Crippen LogP) is 3.68. The van der Waals surface area contributed by atoms with Gasteiger partial charge in [0.05, 0.1) is 0 Å². The molecular formula is C19H39NO6P+. The number of ether oxygens (including phenoxy) is 3. The standard InChI is InChI=1S/C19H38NO6P/c1-5-23-14-8-11-19(12-9-15-24-6-2,13-10-16-25-7-3)20-18(21)17-26-27(4)22/h5-17H2,1-4H3/p+1. The Morgan fingerprint density at radius 3 is 1.59 bits per heavy atom. The third-order valence-corrected chi connectivity index (χ3v) is 4.72. The lowest BCUT2D eigenvalue weighted by molar-refractivity contribution is -0.125. The predicted molar refractivity (Wildman–Crippen MR) is 108 cm³/mol. The van der Waals surface area contributed by atoms with Crippen LogP contribution < -0.4 is 5.32 Å². The minimum Gasteiger partial charge on any atom is -0.382 e. The van der Waals surface area contributed by atoms with Crippen LogP contribution in [0.1, 0.15) is 59.3 Å². The second-order valence-corrected chi connectivity index (χ2v) is 7.58. The van der Waals surface area contributed by atoms with E-state index in [1.54, 1.807) is 0 Å². The maximum absolute atomic E-state index is 12.4. The molecule has 0 saturated heterocycles. The molecule has 0 saturated carbocycles. The zero-order chi connectivity index (χ0) is 20.4. The molecule has 1 N–H and O–H groups in total. The van der Waals surface area contributed by atoms with Crippen molar-refractivity contribution in [3.63, 3.8) is 0 Å². The van der Waals surface area contributed by atoms with Gasteiger partial charge in [-0.2, -0.15) is 0 Å². The van der Waals surface area contributed by atoms with Crippen molar-refractivity contribution in [1.82, 2.24) is 5.32 Å². The van der Waals surface area contributed by atoms with Gasteiger partial charge in [-0.05, 0) is 63.9 Å². The fourth-order valence-corrected chi connectivity index (χ4v) is 3.31. The summed E-state index contributed by atoms with van der Waals surface area (Å²) in [6.45, 7) is 11.3. The number of carbonyl (C=O) groups excluding carboxylic acids is 1. The van der Waals surface area contributed by atoms with Gasteiger partial charge in [0, 0.05) is 45.2 Å². The molecular weight excluding hydrogens is 369 g/mol. The van der Waals surface area contributed by atoms with E-state index in [0.29, 0.717) is 39.6 Å². The summed E-state index contributed by atoms with van der Waals surface area (Å²) in [5.74, 6) is -0.232. The summed E-state index contributed by atoms with van der Waals surface area (Å²) in [5, 5.41) is 3.16. The number of hydrogen-bond donors (Lipinski definition) is 1. The number of amides is 1. The van der Waals surface area contributed by atoms with Crippen LogP contribution in [0.4, 0.5) is 0 Å². The second kappa shape index (κ2) is 17.5. The Morgan fingerprint density at radius 2 is 1.26 bits per heavy atom. The summed E-state index contributed by atoms with van der Waals surface area (Å²) in [6, 6.07) is 0. The Labute approximate surface area is 165 Å². The van der Waals surface area contributed by atoms with Gasteiger partial charge in [-0.25, -0.2) is 0 Å². The molecule has 0 rings (SSSR count). The molecule has 0 spiro atoms. The van der Waals surface area contributed by atoms with E-state index in [9.17, 15) is 9.36 Å². The smallest absolute Gasteiger partial charge is 0.382 e. The minimum atomic E-state index is -1.79. The molecule has 0 aromatic heterocycles. The number of carbonyl (C=O) groups is 1. The van der Waals surface area contributed by atoms with E-state index in [1.807, 2.05) is 20.8 Å². The lowest BCUT2D eigenvalue weighted by atomic mass is 9.83. The molecule has 1 unspecified atom stereocenters. The monoisotopic (exact) mass is 408 g/mol. The van der Waals surface area contributed by atoms with Crippen LogP contribution in [0.3, 0.4) is 0 Å². The zero-order valence-corrected chi connectivity index (χ0v) is 18.5. The van der Waals surface area contributed by atoms with E-state index in [1.165, 1.54) is 6.66 Å². The van der Waals surface area contributed by atoms with Crippen LogP contribution in [0.25, 0.3) is 0 Å². The lowest BCUT2D eigenvalue weighted by Gasteiger charge is -2.35. The van der Waals surface area contributed by atoms with Gasteiger partial charge in [0.1, 0.15) is 0 Å². The van der Waals surface area contributed by atoms with Gasteiger partial charge in [0.2, 0.25) is 0 Å². The Kier molecular flexibility index (Phi) is 17.1. The SMILES string of the molecule is CCOCCCC(CCCOCC)(CCCOCC)NC(=O)CO[P+](C)=O. The third-order valence-electron chi connectivity index (χ3n) is 4.23. The molecule has 0 aromatic carbocycles. The number of hydrogen-bond acceptors (Lipinski definition) is 6. The van der Waals surface area contributed by atoms with Crippen LogP contribution in [-0.2, 0) is 28.1 Å². The summed E-state index contributed by atoms with van der Waals surface area (Å²) >= 11 is 0. The molecule has 1 atom stereocenters. The Hall–Kier alpha value is -0.590. The van der Waals surface area contributed by atoms with Gasteiger partial charge in [0.15, 0.2) is 13.3 Å². The summed E-state index contributed by atoms with van der Waals surface area (Å²) in [5.41, 5.74) is -0.356. The first-order chi connectivity index (χ1) is 13.0. The molecule has 27 heavy (non-hydrogen) atoms. The molecule has 8 heteroatoms. The normalized spacial score (nSPS) is 12.2. The highest BCUT2D eigenvalue weighted by Gasteiger charge is 2.31. The van der Waals surface area contributed by atoms with Crippen molar-refractivity contribution in [2.75, 3.05) is 52.9 Å². The van der Waals surface area contributed by atoms with Crippen LogP contribution in [0.5, 0.6) is 0 Å². The highest BCUT2D eigenvalue weighted by Crippen LogP contribution is 2.26. The minimum absolute atomic E-state index is 0.185. The van der Waals surface area contributed by atoms with Gasteiger partial charge in [-0.15, -0.1) is 4.52 Å². The van der Waals surface area contributed by atoms with Gasteiger partial charge >= 0.3 is 8.03 Å². The Morgan fingerprint density at radius 1 is 0.852 bits per heavy atom. The molecule has 0 aliphatic rings.